The summed E-state index contributed by atoms with van der Waals surface area (Å²) >= 11 is 0. The van der Waals surface area contributed by atoms with Crippen molar-refractivity contribution in [1.82, 2.24) is 10.2 Å². The Kier molecular flexibility index (Phi) is 4.18. The standard InChI is InChI=1S/C12H22N2O2/c15-11-4-7-14(8-5-11)12(16)2-1-10-3-6-13-9-10/h10-11,13,15H,1-9H2. The van der Waals surface area contributed by atoms with E-state index in [0.717, 1.165) is 45.4 Å². The number of aliphatic hydroxyl groups excluding tert-OH is 1. The van der Waals surface area contributed by atoms with Gasteiger partial charge in [-0.25, -0.2) is 0 Å². The average molecular weight is 226 g/mol. The number of carbonyl (C=O) groups is 1. The molecule has 0 aromatic carbocycles. The molecule has 2 aliphatic rings. The maximum atomic E-state index is 11.9. The molecular weight excluding hydrogens is 204 g/mol. The molecule has 2 saturated heterocycles. The van der Waals surface area contributed by atoms with Crippen LogP contribution in [0.5, 0.6) is 0 Å². The molecule has 2 rings (SSSR count). The summed E-state index contributed by atoms with van der Waals surface area (Å²) < 4.78 is 0. The van der Waals surface area contributed by atoms with E-state index in [9.17, 15) is 9.90 Å². The molecule has 4 nitrogen and oxygen atoms in total. The number of nitrogens with zero attached hydrogens (tertiary/aromatic N) is 1. The van der Waals surface area contributed by atoms with Gasteiger partial charge in [-0.05, 0) is 44.7 Å². The van der Waals surface area contributed by atoms with E-state index >= 15 is 0 Å². The number of hydrogen-bond donors (Lipinski definition) is 2. The number of rotatable bonds is 3. The quantitative estimate of drug-likeness (QED) is 0.730. The van der Waals surface area contributed by atoms with Crippen LogP contribution in [-0.2, 0) is 4.79 Å². The Labute approximate surface area is 97.0 Å². The van der Waals surface area contributed by atoms with E-state index in [2.05, 4.69) is 5.32 Å². The lowest BCUT2D eigenvalue weighted by molar-refractivity contribution is -0.133. The Balaban J connectivity index is 1.67. The third-order valence-electron chi connectivity index (χ3n) is 3.75. The second-order valence-electron chi connectivity index (χ2n) is 5.01. The van der Waals surface area contributed by atoms with Gasteiger partial charge in [-0.3, -0.25) is 4.79 Å². The summed E-state index contributed by atoms with van der Waals surface area (Å²) in [6.45, 7) is 3.66. The van der Waals surface area contributed by atoms with Crippen molar-refractivity contribution in [2.75, 3.05) is 26.2 Å². The lowest BCUT2D eigenvalue weighted by Gasteiger charge is -2.29. The molecule has 2 fully saturated rings. The number of likely N-dealkylation sites (tertiary alicyclic amines) is 1. The zero-order chi connectivity index (χ0) is 11.4. The van der Waals surface area contributed by atoms with E-state index in [1.807, 2.05) is 4.90 Å². The van der Waals surface area contributed by atoms with Gasteiger partial charge in [0.2, 0.25) is 5.91 Å². The monoisotopic (exact) mass is 226 g/mol. The first-order valence-corrected chi connectivity index (χ1v) is 6.42. The van der Waals surface area contributed by atoms with Crippen LogP contribution in [0.25, 0.3) is 0 Å². The molecule has 0 saturated carbocycles. The largest absolute Gasteiger partial charge is 0.393 e. The normalized spacial score (nSPS) is 27.3. The van der Waals surface area contributed by atoms with Crippen molar-refractivity contribution >= 4 is 5.91 Å². The first-order chi connectivity index (χ1) is 7.75. The van der Waals surface area contributed by atoms with Gasteiger partial charge in [0.1, 0.15) is 0 Å². The Hall–Kier alpha value is -0.610. The maximum absolute atomic E-state index is 11.9. The summed E-state index contributed by atoms with van der Waals surface area (Å²) in [5, 5.41) is 12.7. The van der Waals surface area contributed by atoms with Crippen LogP contribution in [0.3, 0.4) is 0 Å². The van der Waals surface area contributed by atoms with Crippen molar-refractivity contribution in [3.05, 3.63) is 0 Å². The van der Waals surface area contributed by atoms with E-state index in [1.165, 1.54) is 6.42 Å². The molecule has 0 radical (unpaired) electrons. The molecular formula is C12H22N2O2. The van der Waals surface area contributed by atoms with Crippen LogP contribution >= 0.6 is 0 Å². The molecule has 4 heteroatoms. The van der Waals surface area contributed by atoms with Crippen molar-refractivity contribution < 1.29 is 9.90 Å². The van der Waals surface area contributed by atoms with Crippen molar-refractivity contribution in [1.29, 1.82) is 0 Å². The molecule has 16 heavy (non-hydrogen) atoms. The SMILES string of the molecule is O=C(CCC1CCNC1)N1CCC(O)CC1. The van der Waals surface area contributed by atoms with Gasteiger partial charge in [-0.15, -0.1) is 0 Å². The molecule has 0 aliphatic carbocycles. The fraction of sp³-hybridized carbons (Fsp3) is 0.917. The highest BCUT2D eigenvalue weighted by atomic mass is 16.3. The number of aliphatic hydroxyl groups is 1. The van der Waals surface area contributed by atoms with Crippen molar-refractivity contribution in [2.24, 2.45) is 5.92 Å². The van der Waals surface area contributed by atoms with E-state index in [1.54, 1.807) is 0 Å². The predicted octanol–water partition coefficient (Wildman–Crippen LogP) is 0.359. The summed E-state index contributed by atoms with van der Waals surface area (Å²) in [6.07, 6.45) is 4.22. The number of carbonyl (C=O) groups excluding carboxylic acids is 1. The van der Waals surface area contributed by atoms with Gasteiger partial charge in [0.05, 0.1) is 6.10 Å². The van der Waals surface area contributed by atoms with E-state index < -0.39 is 0 Å². The third kappa shape index (κ3) is 3.19. The highest BCUT2D eigenvalue weighted by Gasteiger charge is 2.22. The Morgan fingerprint density at radius 2 is 2.06 bits per heavy atom. The molecule has 0 spiro atoms. The maximum Gasteiger partial charge on any atom is 0.222 e. The van der Waals surface area contributed by atoms with Crippen molar-refractivity contribution in [3.8, 4) is 0 Å². The minimum absolute atomic E-state index is 0.192. The molecule has 92 valence electrons. The van der Waals surface area contributed by atoms with E-state index in [0.29, 0.717) is 12.3 Å². The summed E-state index contributed by atoms with van der Waals surface area (Å²) in [7, 11) is 0. The first-order valence-electron chi connectivity index (χ1n) is 6.42. The predicted molar refractivity (Wildman–Crippen MR) is 62.0 cm³/mol. The highest BCUT2D eigenvalue weighted by Crippen LogP contribution is 2.17. The lowest BCUT2D eigenvalue weighted by atomic mass is 10.0. The van der Waals surface area contributed by atoms with Gasteiger partial charge in [0.15, 0.2) is 0 Å². The zero-order valence-corrected chi connectivity index (χ0v) is 9.82. The molecule has 0 aromatic heterocycles. The zero-order valence-electron chi connectivity index (χ0n) is 9.82. The van der Waals surface area contributed by atoms with Gasteiger partial charge >= 0.3 is 0 Å². The second-order valence-corrected chi connectivity index (χ2v) is 5.01. The number of hydrogen-bond acceptors (Lipinski definition) is 3. The van der Waals surface area contributed by atoms with Crippen LogP contribution in [0, 0.1) is 5.92 Å². The van der Waals surface area contributed by atoms with E-state index in [4.69, 9.17) is 0 Å². The van der Waals surface area contributed by atoms with Crippen LogP contribution < -0.4 is 5.32 Å². The fourth-order valence-electron chi connectivity index (χ4n) is 2.56. The molecule has 0 bridgehead atoms. The van der Waals surface area contributed by atoms with Crippen LogP contribution in [0.1, 0.15) is 32.1 Å². The minimum Gasteiger partial charge on any atom is -0.393 e. The molecule has 2 aliphatic heterocycles. The Morgan fingerprint density at radius 3 is 2.69 bits per heavy atom. The minimum atomic E-state index is -0.192. The Bertz CT molecular complexity index is 231. The van der Waals surface area contributed by atoms with Crippen LogP contribution in [0.15, 0.2) is 0 Å². The topological polar surface area (TPSA) is 52.6 Å². The van der Waals surface area contributed by atoms with Crippen LogP contribution in [0.2, 0.25) is 0 Å². The fourth-order valence-corrected chi connectivity index (χ4v) is 2.56. The molecule has 1 amide bonds. The number of nitrogens with one attached hydrogen (secondary N) is 1. The second kappa shape index (κ2) is 5.64. The van der Waals surface area contributed by atoms with Gasteiger partial charge in [-0.2, -0.15) is 0 Å². The lowest BCUT2D eigenvalue weighted by Crippen LogP contribution is -2.40. The molecule has 1 unspecified atom stereocenters. The summed E-state index contributed by atoms with van der Waals surface area (Å²) in [5.74, 6) is 0.970. The van der Waals surface area contributed by atoms with Crippen LogP contribution in [0.4, 0.5) is 0 Å². The van der Waals surface area contributed by atoms with Gasteiger partial charge < -0.3 is 15.3 Å². The molecule has 1 atom stereocenters. The summed E-state index contributed by atoms with van der Waals surface area (Å²) in [5.41, 5.74) is 0. The summed E-state index contributed by atoms with van der Waals surface area (Å²) in [4.78, 5) is 13.8. The first kappa shape index (κ1) is 11.9. The van der Waals surface area contributed by atoms with Crippen LogP contribution in [-0.4, -0.2) is 48.2 Å². The number of amides is 1. The summed E-state index contributed by atoms with van der Waals surface area (Å²) in [6, 6.07) is 0. The smallest absolute Gasteiger partial charge is 0.222 e. The third-order valence-corrected chi connectivity index (χ3v) is 3.75. The van der Waals surface area contributed by atoms with Gasteiger partial charge in [0.25, 0.3) is 0 Å². The van der Waals surface area contributed by atoms with Gasteiger partial charge in [0, 0.05) is 19.5 Å². The molecule has 2 N–H and O–H groups in total. The Morgan fingerprint density at radius 1 is 1.31 bits per heavy atom. The number of piperidine rings is 1. The molecule has 2 heterocycles. The van der Waals surface area contributed by atoms with Gasteiger partial charge in [-0.1, -0.05) is 0 Å². The molecule has 0 aromatic rings. The average Bonchev–Trinajstić information content (AvgIpc) is 2.80. The van der Waals surface area contributed by atoms with E-state index in [-0.39, 0.29) is 12.0 Å². The van der Waals surface area contributed by atoms with Crippen molar-refractivity contribution in [2.45, 2.75) is 38.2 Å². The van der Waals surface area contributed by atoms with Crippen molar-refractivity contribution in [3.63, 3.8) is 0 Å². The highest BCUT2D eigenvalue weighted by molar-refractivity contribution is 5.76.